The van der Waals surface area contributed by atoms with Crippen LogP contribution in [0.3, 0.4) is 0 Å². The van der Waals surface area contributed by atoms with Gasteiger partial charge in [-0.2, -0.15) is 0 Å². The van der Waals surface area contributed by atoms with Crippen LogP contribution in [-0.2, 0) is 4.74 Å². The molecular weight excluding hydrogens is 450 g/mol. The van der Waals surface area contributed by atoms with Gasteiger partial charge in [0.2, 0.25) is 5.95 Å². The molecule has 2 heterocycles. The average molecular weight is 478 g/mol. The Morgan fingerprint density at radius 2 is 1.60 bits per heavy atom. The number of piperazine rings is 1. The van der Waals surface area contributed by atoms with Gasteiger partial charge >= 0.3 is 12.1 Å². The van der Waals surface area contributed by atoms with Gasteiger partial charge in [-0.25, -0.2) is 19.6 Å². The van der Waals surface area contributed by atoms with Crippen molar-refractivity contribution in [3.63, 3.8) is 0 Å². The van der Waals surface area contributed by atoms with Crippen molar-refractivity contribution in [3.8, 4) is 22.6 Å². The molecule has 4 rings (SSSR count). The lowest BCUT2D eigenvalue weighted by atomic mass is 10.1. The van der Waals surface area contributed by atoms with Gasteiger partial charge in [0.25, 0.3) is 0 Å². The third kappa shape index (κ3) is 5.85. The number of methoxy groups -OCH3 is 2. The molecule has 10 nitrogen and oxygen atoms in total. The Hall–Kier alpha value is -4.18. The third-order valence-corrected chi connectivity index (χ3v) is 5.68. The number of benzene rings is 2. The van der Waals surface area contributed by atoms with E-state index in [4.69, 9.17) is 14.2 Å². The summed E-state index contributed by atoms with van der Waals surface area (Å²) in [5.41, 5.74) is 2.51. The maximum atomic E-state index is 12.7. The van der Waals surface area contributed by atoms with Crippen LogP contribution in [0.1, 0.15) is 10.4 Å². The highest BCUT2D eigenvalue weighted by atomic mass is 16.6. The second kappa shape index (κ2) is 10.8. The summed E-state index contributed by atoms with van der Waals surface area (Å²) in [6.07, 6.45) is 2.89. The van der Waals surface area contributed by atoms with Gasteiger partial charge in [0.1, 0.15) is 17.1 Å². The monoisotopic (exact) mass is 477 g/mol. The molecule has 0 spiro atoms. The molecule has 1 amide bonds. The minimum Gasteiger partial charge on any atom is -0.497 e. The lowest BCUT2D eigenvalue weighted by molar-refractivity contribution is 0.0596. The summed E-state index contributed by atoms with van der Waals surface area (Å²) in [7, 11) is 4.90. The number of carbonyl (C=O) groups is 2. The highest BCUT2D eigenvalue weighted by molar-refractivity contribution is 5.94. The molecule has 1 saturated heterocycles. The van der Waals surface area contributed by atoms with E-state index in [0.29, 0.717) is 24.7 Å². The van der Waals surface area contributed by atoms with Crippen LogP contribution in [-0.4, -0.2) is 79.3 Å². The number of anilines is 2. The molecule has 10 heteroatoms. The molecule has 182 valence electrons. The maximum Gasteiger partial charge on any atom is 0.415 e. The van der Waals surface area contributed by atoms with Gasteiger partial charge in [-0.3, -0.25) is 0 Å². The van der Waals surface area contributed by atoms with Crippen LogP contribution >= 0.6 is 0 Å². The summed E-state index contributed by atoms with van der Waals surface area (Å²) >= 11 is 0. The molecule has 1 aliphatic rings. The molecule has 3 aromatic rings. The van der Waals surface area contributed by atoms with Crippen molar-refractivity contribution in [2.45, 2.75) is 0 Å². The number of rotatable bonds is 6. The van der Waals surface area contributed by atoms with Gasteiger partial charge in [-0.05, 0) is 36.9 Å². The van der Waals surface area contributed by atoms with Gasteiger partial charge in [0, 0.05) is 55.9 Å². The largest absolute Gasteiger partial charge is 0.497 e. The second-order valence-electron chi connectivity index (χ2n) is 8.01. The highest BCUT2D eigenvalue weighted by Gasteiger charge is 2.23. The smallest absolute Gasteiger partial charge is 0.415 e. The van der Waals surface area contributed by atoms with Crippen molar-refractivity contribution in [1.82, 2.24) is 19.8 Å². The zero-order chi connectivity index (χ0) is 24.8. The van der Waals surface area contributed by atoms with Gasteiger partial charge in [0.05, 0.1) is 14.2 Å². The number of aromatic nitrogens is 2. The molecule has 0 radical (unpaired) electrons. The van der Waals surface area contributed by atoms with Crippen LogP contribution in [0.5, 0.6) is 11.5 Å². The standard InChI is InChI=1S/C25H27N5O5/c1-29-10-12-30(13-11-29)25(32)35-22-14-19(6-9-21(22)23(31)34-3)28-24-26-15-18(16-27-24)17-4-7-20(33-2)8-5-17/h4-9,14-16H,10-13H2,1-3H3,(H,26,27,28). The second-order valence-corrected chi connectivity index (χ2v) is 8.01. The van der Waals surface area contributed by atoms with Gasteiger partial charge in [-0.15, -0.1) is 0 Å². The van der Waals surface area contributed by atoms with Crippen molar-refractivity contribution < 1.29 is 23.8 Å². The van der Waals surface area contributed by atoms with Gasteiger partial charge < -0.3 is 29.3 Å². The van der Waals surface area contributed by atoms with Gasteiger partial charge in [-0.1, -0.05) is 12.1 Å². The Labute approximate surface area is 203 Å². The zero-order valence-electron chi connectivity index (χ0n) is 19.9. The highest BCUT2D eigenvalue weighted by Crippen LogP contribution is 2.27. The molecule has 1 aromatic heterocycles. The Bertz CT molecular complexity index is 1180. The molecule has 0 bridgehead atoms. The number of esters is 1. The van der Waals surface area contributed by atoms with Crippen molar-refractivity contribution in [3.05, 3.63) is 60.4 Å². The SMILES string of the molecule is COC(=O)c1ccc(Nc2ncc(-c3ccc(OC)cc3)cn2)cc1OC(=O)N1CCN(C)CC1. The van der Waals surface area contributed by atoms with E-state index in [-0.39, 0.29) is 11.3 Å². The van der Waals surface area contributed by atoms with E-state index in [0.717, 1.165) is 30.0 Å². The van der Waals surface area contributed by atoms with Crippen LogP contribution in [0.25, 0.3) is 11.1 Å². The summed E-state index contributed by atoms with van der Waals surface area (Å²) in [6.45, 7) is 2.61. The molecule has 1 N–H and O–H groups in total. The Morgan fingerprint density at radius 1 is 0.914 bits per heavy atom. The van der Waals surface area contributed by atoms with E-state index >= 15 is 0 Å². The normalized spacial score (nSPS) is 13.7. The topological polar surface area (TPSA) is 106 Å². The molecule has 0 unspecified atom stereocenters. The maximum absolute atomic E-state index is 12.7. The zero-order valence-corrected chi connectivity index (χ0v) is 19.9. The predicted molar refractivity (Wildman–Crippen MR) is 130 cm³/mol. The molecule has 0 saturated carbocycles. The van der Waals surface area contributed by atoms with E-state index in [1.54, 1.807) is 36.5 Å². The first-order valence-electron chi connectivity index (χ1n) is 11.1. The number of carbonyl (C=O) groups excluding carboxylic acids is 2. The van der Waals surface area contributed by atoms with Crippen LogP contribution in [0.2, 0.25) is 0 Å². The molecule has 35 heavy (non-hydrogen) atoms. The Balaban J connectivity index is 1.50. The lowest BCUT2D eigenvalue weighted by Crippen LogP contribution is -2.48. The van der Waals surface area contributed by atoms with E-state index in [9.17, 15) is 9.59 Å². The van der Waals surface area contributed by atoms with E-state index in [1.807, 2.05) is 31.3 Å². The number of likely N-dealkylation sites (N-methyl/N-ethyl adjacent to an activating group) is 1. The minimum atomic E-state index is -0.599. The third-order valence-electron chi connectivity index (χ3n) is 5.68. The Morgan fingerprint density at radius 3 is 2.23 bits per heavy atom. The van der Waals surface area contributed by atoms with Crippen LogP contribution in [0.15, 0.2) is 54.9 Å². The van der Waals surface area contributed by atoms with E-state index < -0.39 is 12.1 Å². The van der Waals surface area contributed by atoms with Crippen molar-refractivity contribution >= 4 is 23.7 Å². The number of hydrogen-bond acceptors (Lipinski definition) is 9. The Kier molecular flexibility index (Phi) is 7.41. The summed E-state index contributed by atoms with van der Waals surface area (Å²) in [6, 6.07) is 12.4. The first kappa shape index (κ1) is 24.0. The van der Waals surface area contributed by atoms with Crippen LogP contribution in [0.4, 0.5) is 16.4 Å². The fourth-order valence-electron chi connectivity index (χ4n) is 3.56. The molecular formula is C25H27N5O5. The molecule has 0 atom stereocenters. The fourth-order valence-corrected chi connectivity index (χ4v) is 3.56. The number of ether oxygens (including phenoxy) is 3. The van der Waals surface area contributed by atoms with Crippen LogP contribution in [0, 0.1) is 0 Å². The summed E-state index contributed by atoms with van der Waals surface area (Å²) in [4.78, 5) is 37.4. The van der Waals surface area contributed by atoms with Crippen molar-refractivity contribution in [1.29, 1.82) is 0 Å². The molecule has 0 aliphatic carbocycles. The van der Waals surface area contributed by atoms with Crippen molar-refractivity contribution in [2.24, 2.45) is 0 Å². The molecule has 1 fully saturated rings. The first-order chi connectivity index (χ1) is 17.0. The quantitative estimate of drug-likeness (QED) is 0.535. The van der Waals surface area contributed by atoms with Gasteiger partial charge in [0.15, 0.2) is 0 Å². The van der Waals surface area contributed by atoms with Crippen LogP contribution < -0.4 is 14.8 Å². The minimum absolute atomic E-state index is 0.0978. The molecule has 1 aliphatic heterocycles. The number of nitrogens with zero attached hydrogens (tertiary/aromatic N) is 4. The fraction of sp³-hybridized carbons (Fsp3) is 0.280. The summed E-state index contributed by atoms with van der Waals surface area (Å²) < 4.78 is 15.6. The summed E-state index contributed by atoms with van der Waals surface area (Å²) in [5.74, 6) is 0.621. The average Bonchev–Trinajstić information content (AvgIpc) is 2.89. The first-order valence-corrected chi connectivity index (χ1v) is 11.1. The number of nitrogens with one attached hydrogen (secondary N) is 1. The number of amides is 1. The van der Waals surface area contributed by atoms with E-state index in [2.05, 4.69) is 20.2 Å². The lowest BCUT2D eigenvalue weighted by Gasteiger charge is -2.31. The number of hydrogen-bond donors (Lipinski definition) is 1. The molecule has 2 aromatic carbocycles. The van der Waals surface area contributed by atoms with E-state index in [1.165, 1.54) is 13.2 Å². The van der Waals surface area contributed by atoms with Crippen molar-refractivity contribution in [2.75, 3.05) is 52.8 Å². The summed E-state index contributed by atoms with van der Waals surface area (Å²) in [5, 5.41) is 3.08. The predicted octanol–water partition coefficient (Wildman–Crippen LogP) is 3.43.